The number of aliphatic imine (C=N–C) groups is 1. The van der Waals surface area contributed by atoms with Crippen LogP contribution in [0.5, 0.6) is 0 Å². The summed E-state index contributed by atoms with van der Waals surface area (Å²) >= 11 is 0. The molecule has 2 atom stereocenters. The van der Waals surface area contributed by atoms with E-state index < -0.39 is 0 Å². The molecule has 0 aromatic carbocycles. The Labute approximate surface area is 170 Å². The highest BCUT2D eigenvalue weighted by molar-refractivity contribution is 14.0. The van der Waals surface area contributed by atoms with Crippen LogP contribution in [-0.4, -0.2) is 75.5 Å². The smallest absolute Gasteiger partial charge is 0.191 e. The van der Waals surface area contributed by atoms with Gasteiger partial charge in [0.15, 0.2) is 5.96 Å². The zero-order chi connectivity index (χ0) is 17.2. The van der Waals surface area contributed by atoms with Crippen LogP contribution >= 0.6 is 24.0 Å². The maximum atomic E-state index is 5.88. The Bertz CT molecular complexity index is 376. The van der Waals surface area contributed by atoms with Gasteiger partial charge in [0.25, 0.3) is 0 Å². The fourth-order valence-corrected chi connectivity index (χ4v) is 3.33. The second-order valence-electron chi connectivity index (χ2n) is 7.22. The summed E-state index contributed by atoms with van der Waals surface area (Å²) in [5.41, 5.74) is 0. The van der Waals surface area contributed by atoms with E-state index in [0.717, 1.165) is 58.3 Å². The first-order valence-electron chi connectivity index (χ1n) is 9.65. The van der Waals surface area contributed by atoms with Crippen molar-refractivity contribution in [2.24, 2.45) is 10.9 Å². The second kappa shape index (κ2) is 13.1. The number of guanidine groups is 1. The summed E-state index contributed by atoms with van der Waals surface area (Å²) in [5, 5.41) is 6.74. The molecule has 2 aliphatic heterocycles. The lowest BCUT2D eigenvalue weighted by Crippen LogP contribution is -2.46. The van der Waals surface area contributed by atoms with E-state index in [1.807, 2.05) is 0 Å². The van der Waals surface area contributed by atoms with E-state index in [4.69, 9.17) is 14.5 Å². The molecule has 0 saturated carbocycles. The number of nitrogens with one attached hydrogen (secondary N) is 2. The van der Waals surface area contributed by atoms with Gasteiger partial charge in [-0.15, -0.1) is 24.0 Å². The molecule has 2 saturated heterocycles. The van der Waals surface area contributed by atoms with Gasteiger partial charge in [-0.3, -0.25) is 9.89 Å². The standard InChI is InChI=1S/C18H36N4O2.HI/c1-4-19-18(20-8-7-16-6-5-10-23-16)21-12-17-14-22(9-11-24-17)13-15(2)3;/h15-17H,4-14H2,1-3H3,(H2,19,20,21);1H. The van der Waals surface area contributed by atoms with Crippen molar-refractivity contribution < 1.29 is 9.47 Å². The number of morpholine rings is 1. The first-order valence-corrected chi connectivity index (χ1v) is 9.65. The van der Waals surface area contributed by atoms with E-state index >= 15 is 0 Å². The summed E-state index contributed by atoms with van der Waals surface area (Å²) in [6.07, 6.45) is 4.06. The van der Waals surface area contributed by atoms with Crippen LogP contribution in [0.4, 0.5) is 0 Å². The molecule has 2 heterocycles. The van der Waals surface area contributed by atoms with Crippen LogP contribution in [-0.2, 0) is 9.47 Å². The van der Waals surface area contributed by atoms with Gasteiger partial charge >= 0.3 is 0 Å². The van der Waals surface area contributed by atoms with Crippen LogP contribution < -0.4 is 10.6 Å². The zero-order valence-electron chi connectivity index (χ0n) is 16.1. The maximum Gasteiger partial charge on any atom is 0.191 e. The molecule has 2 aliphatic rings. The first-order chi connectivity index (χ1) is 11.7. The van der Waals surface area contributed by atoms with E-state index in [-0.39, 0.29) is 30.1 Å². The van der Waals surface area contributed by atoms with Gasteiger partial charge in [0, 0.05) is 39.3 Å². The molecule has 25 heavy (non-hydrogen) atoms. The Morgan fingerprint density at radius 3 is 2.68 bits per heavy atom. The van der Waals surface area contributed by atoms with Gasteiger partial charge in [-0.2, -0.15) is 0 Å². The van der Waals surface area contributed by atoms with Crippen LogP contribution in [0.3, 0.4) is 0 Å². The van der Waals surface area contributed by atoms with Gasteiger partial charge in [0.2, 0.25) is 0 Å². The van der Waals surface area contributed by atoms with Crippen molar-refractivity contribution in [1.82, 2.24) is 15.5 Å². The van der Waals surface area contributed by atoms with Gasteiger partial charge < -0.3 is 20.1 Å². The molecule has 6 nitrogen and oxygen atoms in total. The number of hydrogen-bond donors (Lipinski definition) is 2. The summed E-state index contributed by atoms with van der Waals surface area (Å²) < 4.78 is 11.5. The highest BCUT2D eigenvalue weighted by Gasteiger charge is 2.21. The molecule has 148 valence electrons. The molecule has 2 fully saturated rings. The molecular weight excluding hydrogens is 431 g/mol. The van der Waals surface area contributed by atoms with Crippen LogP contribution in [0.25, 0.3) is 0 Å². The van der Waals surface area contributed by atoms with Crippen molar-refractivity contribution in [3.8, 4) is 0 Å². The number of halogens is 1. The molecule has 0 radical (unpaired) electrons. The van der Waals surface area contributed by atoms with Crippen LogP contribution in [0.15, 0.2) is 4.99 Å². The van der Waals surface area contributed by atoms with Crippen molar-refractivity contribution in [3.05, 3.63) is 0 Å². The average molecular weight is 468 g/mol. The van der Waals surface area contributed by atoms with Crippen LogP contribution in [0.1, 0.15) is 40.0 Å². The predicted molar refractivity (Wildman–Crippen MR) is 114 cm³/mol. The summed E-state index contributed by atoms with van der Waals surface area (Å²) in [6.45, 7) is 14.0. The Kier molecular flexibility index (Phi) is 12.0. The van der Waals surface area contributed by atoms with E-state index in [0.29, 0.717) is 18.6 Å². The van der Waals surface area contributed by atoms with E-state index in [1.165, 1.54) is 12.8 Å². The first kappa shape index (κ1) is 22.9. The van der Waals surface area contributed by atoms with Crippen LogP contribution in [0, 0.1) is 5.92 Å². The molecule has 0 amide bonds. The number of ether oxygens (including phenoxy) is 2. The maximum absolute atomic E-state index is 5.88. The Morgan fingerprint density at radius 2 is 2.00 bits per heavy atom. The monoisotopic (exact) mass is 468 g/mol. The molecule has 0 aromatic heterocycles. The van der Waals surface area contributed by atoms with Gasteiger partial charge in [0.1, 0.15) is 0 Å². The Hall–Kier alpha value is -0.120. The molecular formula is C18H37IN4O2. The largest absolute Gasteiger partial charge is 0.378 e. The van der Waals surface area contributed by atoms with Crippen molar-refractivity contribution in [2.45, 2.75) is 52.2 Å². The average Bonchev–Trinajstić information content (AvgIpc) is 3.06. The van der Waals surface area contributed by atoms with Gasteiger partial charge in [-0.25, -0.2) is 0 Å². The van der Waals surface area contributed by atoms with Crippen LogP contribution in [0.2, 0.25) is 0 Å². The summed E-state index contributed by atoms with van der Waals surface area (Å²) in [5.74, 6) is 1.59. The third kappa shape index (κ3) is 9.40. The quantitative estimate of drug-likeness (QED) is 0.325. The summed E-state index contributed by atoms with van der Waals surface area (Å²) in [4.78, 5) is 7.21. The summed E-state index contributed by atoms with van der Waals surface area (Å²) in [7, 11) is 0. The minimum atomic E-state index is 0. The lowest BCUT2D eigenvalue weighted by atomic mass is 10.2. The number of nitrogens with zero attached hydrogens (tertiary/aromatic N) is 2. The normalized spacial score (nSPS) is 25.0. The Balaban J connectivity index is 0.00000312. The molecule has 0 aliphatic carbocycles. The third-order valence-electron chi connectivity index (χ3n) is 4.43. The molecule has 0 aromatic rings. The van der Waals surface area contributed by atoms with Crippen molar-refractivity contribution in [3.63, 3.8) is 0 Å². The molecule has 7 heteroatoms. The van der Waals surface area contributed by atoms with Gasteiger partial charge in [0.05, 0.1) is 25.4 Å². The Morgan fingerprint density at radius 1 is 1.20 bits per heavy atom. The predicted octanol–water partition coefficient (Wildman–Crippen LogP) is 2.09. The molecule has 2 N–H and O–H groups in total. The van der Waals surface area contributed by atoms with Crippen molar-refractivity contribution in [1.29, 1.82) is 0 Å². The van der Waals surface area contributed by atoms with Crippen molar-refractivity contribution in [2.75, 3.05) is 52.5 Å². The van der Waals surface area contributed by atoms with Gasteiger partial charge in [-0.05, 0) is 32.1 Å². The highest BCUT2D eigenvalue weighted by Crippen LogP contribution is 2.14. The number of hydrogen-bond acceptors (Lipinski definition) is 4. The minimum absolute atomic E-state index is 0. The lowest BCUT2D eigenvalue weighted by Gasteiger charge is -2.33. The fraction of sp³-hybridized carbons (Fsp3) is 0.944. The summed E-state index contributed by atoms with van der Waals surface area (Å²) in [6, 6.07) is 0. The van der Waals surface area contributed by atoms with Crippen molar-refractivity contribution >= 4 is 29.9 Å². The fourth-order valence-electron chi connectivity index (χ4n) is 3.33. The highest BCUT2D eigenvalue weighted by atomic mass is 127. The zero-order valence-corrected chi connectivity index (χ0v) is 18.5. The van der Waals surface area contributed by atoms with E-state index in [1.54, 1.807) is 0 Å². The molecule has 2 unspecified atom stereocenters. The SMILES string of the molecule is CCNC(=NCC1CN(CC(C)C)CCO1)NCCC1CCCO1.I. The molecule has 0 bridgehead atoms. The third-order valence-corrected chi connectivity index (χ3v) is 4.43. The topological polar surface area (TPSA) is 58.1 Å². The minimum Gasteiger partial charge on any atom is -0.378 e. The van der Waals surface area contributed by atoms with E-state index in [2.05, 4.69) is 36.3 Å². The lowest BCUT2D eigenvalue weighted by molar-refractivity contribution is -0.0261. The second-order valence-corrected chi connectivity index (χ2v) is 7.22. The van der Waals surface area contributed by atoms with Gasteiger partial charge in [-0.1, -0.05) is 13.8 Å². The number of rotatable bonds is 8. The van der Waals surface area contributed by atoms with E-state index in [9.17, 15) is 0 Å². The molecule has 2 rings (SSSR count). The molecule has 0 spiro atoms.